The van der Waals surface area contributed by atoms with Gasteiger partial charge in [0.05, 0.1) is 7.11 Å². The zero-order chi connectivity index (χ0) is 11.5. The van der Waals surface area contributed by atoms with Crippen molar-refractivity contribution in [1.29, 1.82) is 0 Å². The highest BCUT2D eigenvalue weighted by Crippen LogP contribution is 2.40. The minimum Gasteiger partial charge on any atom is -0.468 e. The second-order valence-electron chi connectivity index (χ2n) is 4.05. The molecular formula is C11H16O4. The van der Waals surface area contributed by atoms with Crippen LogP contribution in [0, 0.1) is 5.41 Å². The zero-order valence-electron chi connectivity index (χ0n) is 9.17. The molecule has 0 N–H and O–H groups in total. The topological polar surface area (TPSA) is 60.4 Å². The molecular weight excluding hydrogens is 196 g/mol. The van der Waals surface area contributed by atoms with Crippen LogP contribution in [-0.4, -0.2) is 24.6 Å². The molecule has 0 heterocycles. The molecule has 0 aliphatic heterocycles. The standard InChI is InChI=1S/C11H16O4/c1-8(12)5-7-11(10(14)15-2)6-3-4-9(11)13/h3-7H2,1-2H3/t11-/m1/s1. The molecule has 0 radical (unpaired) electrons. The van der Waals surface area contributed by atoms with Crippen LogP contribution in [0.4, 0.5) is 0 Å². The lowest BCUT2D eigenvalue weighted by Crippen LogP contribution is -2.36. The Hall–Kier alpha value is -1.19. The van der Waals surface area contributed by atoms with Crippen molar-refractivity contribution in [3.63, 3.8) is 0 Å². The van der Waals surface area contributed by atoms with E-state index in [2.05, 4.69) is 4.74 Å². The number of ether oxygens (including phenoxy) is 1. The predicted octanol–water partition coefficient (Wildman–Crippen LogP) is 1.27. The number of carbonyl (C=O) groups excluding carboxylic acids is 3. The first kappa shape index (κ1) is 11.9. The van der Waals surface area contributed by atoms with Gasteiger partial charge in [-0.05, 0) is 26.2 Å². The maximum absolute atomic E-state index is 11.7. The van der Waals surface area contributed by atoms with Crippen LogP contribution in [0.3, 0.4) is 0 Å². The Bertz CT molecular complexity index is 295. The minimum absolute atomic E-state index is 0.00187. The normalized spacial score (nSPS) is 25.3. The van der Waals surface area contributed by atoms with E-state index in [0.717, 1.165) is 0 Å². The fourth-order valence-corrected chi connectivity index (χ4v) is 2.10. The minimum atomic E-state index is -1.03. The maximum atomic E-state index is 11.7. The van der Waals surface area contributed by atoms with E-state index < -0.39 is 11.4 Å². The lowest BCUT2D eigenvalue weighted by Gasteiger charge is -2.23. The lowest BCUT2D eigenvalue weighted by molar-refractivity contribution is -0.157. The Morgan fingerprint density at radius 2 is 2.13 bits per heavy atom. The van der Waals surface area contributed by atoms with Crippen molar-refractivity contribution in [2.24, 2.45) is 5.41 Å². The van der Waals surface area contributed by atoms with Crippen molar-refractivity contribution in [2.75, 3.05) is 7.11 Å². The number of ketones is 2. The van der Waals surface area contributed by atoms with E-state index >= 15 is 0 Å². The first-order valence-corrected chi connectivity index (χ1v) is 5.14. The molecule has 0 unspecified atom stereocenters. The Morgan fingerprint density at radius 3 is 2.53 bits per heavy atom. The van der Waals surface area contributed by atoms with Crippen LogP contribution < -0.4 is 0 Å². The quantitative estimate of drug-likeness (QED) is 0.520. The molecule has 84 valence electrons. The molecule has 4 nitrogen and oxygen atoms in total. The van der Waals surface area contributed by atoms with Gasteiger partial charge in [0, 0.05) is 12.8 Å². The number of esters is 1. The fourth-order valence-electron chi connectivity index (χ4n) is 2.10. The summed E-state index contributed by atoms with van der Waals surface area (Å²) >= 11 is 0. The average Bonchev–Trinajstić information content (AvgIpc) is 2.57. The molecule has 0 bridgehead atoms. The van der Waals surface area contributed by atoms with Crippen molar-refractivity contribution in [2.45, 2.75) is 39.0 Å². The maximum Gasteiger partial charge on any atom is 0.319 e. The largest absolute Gasteiger partial charge is 0.468 e. The molecule has 4 heteroatoms. The van der Waals surface area contributed by atoms with E-state index in [1.54, 1.807) is 0 Å². The Balaban J connectivity index is 2.81. The summed E-state index contributed by atoms with van der Waals surface area (Å²) in [4.78, 5) is 34.2. The zero-order valence-corrected chi connectivity index (χ0v) is 9.17. The van der Waals surface area contributed by atoms with Crippen LogP contribution in [0.15, 0.2) is 0 Å². The second-order valence-corrected chi connectivity index (χ2v) is 4.05. The highest BCUT2D eigenvalue weighted by molar-refractivity contribution is 6.05. The number of Topliss-reactive ketones (excluding diaryl/α,β-unsaturated/α-hetero) is 2. The van der Waals surface area contributed by atoms with Crippen LogP contribution in [0.5, 0.6) is 0 Å². The smallest absolute Gasteiger partial charge is 0.319 e. The number of methoxy groups -OCH3 is 1. The first-order chi connectivity index (χ1) is 7.03. The predicted molar refractivity (Wildman–Crippen MR) is 53.2 cm³/mol. The Kier molecular flexibility index (Phi) is 3.61. The summed E-state index contributed by atoms with van der Waals surface area (Å²) in [6.07, 6.45) is 2.22. The van der Waals surface area contributed by atoms with Gasteiger partial charge >= 0.3 is 5.97 Å². The van der Waals surface area contributed by atoms with Crippen LogP contribution in [0.1, 0.15) is 39.0 Å². The second kappa shape index (κ2) is 4.55. The van der Waals surface area contributed by atoms with E-state index in [9.17, 15) is 14.4 Å². The summed E-state index contributed by atoms with van der Waals surface area (Å²) in [6, 6.07) is 0. The lowest BCUT2D eigenvalue weighted by atomic mass is 9.80. The van der Waals surface area contributed by atoms with Crippen LogP contribution in [0.25, 0.3) is 0 Å². The van der Waals surface area contributed by atoms with Crippen molar-refractivity contribution >= 4 is 17.5 Å². The van der Waals surface area contributed by atoms with Gasteiger partial charge in [0.1, 0.15) is 17.0 Å². The summed E-state index contributed by atoms with van der Waals surface area (Å²) in [6.45, 7) is 1.46. The van der Waals surface area contributed by atoms with Crippen molar-refractivity contribution in [3.05, 3.63) is 0 Å². The van der Waals surface area contributed by atoms with Crippen molar-refractivity contribution in [3.8, 4) is 0 Å². The van der Waals surface area contributed by atoms with Crippen LogP contribution >= 0.6 is 0 Å². The summed E-state index contributed by atoms with van der Waals surface area (Å²) in [5.41, 5.74) is -1.03. The summed E-state index contributed by atoms with van der Waals surface area (Å²) in [5, 5.41) is 0. The van der Waals surface area contributed by atoms with E-state index in [0.29, 0.717) is 25.7 Å². The van der Waals surface area contributed by atoms with Crippen LogP contribution in [0.2, 0.25) is 0 Å². The fraction of sp³-hybridized carbons (Fsp3) is 0.727. The van der Waals surface area contributed by atoms with Gasteiger partial charge in [-0.2, -0.15) is 0 Å². The highest BCUT2D eigenvalue weighted by atomic mass is 16.5. The molecule has 1 saturated carbocycles. The van der Waals surface area contributed by atoms with Gasteiger partial charge in [-0.1, -0.05) is 0 Å². The van der Waals surface area contributed by atoms with Gasteiger partial charge in [0.2, 0.25) is 0 Å². The Morgan fingerprint density at radius 1 is 1.47 bits per heavy atom. The van der Waals surface area contributed by atoms with Gasteiger partial charge in [0.15, 0.2) is 0 Å². The van der Waals surface area contributed by atoms with E-state index in [-0.39, 0.29) is 18.0 Å². The SMILES string of the molecule is COC(=O)[C@@]1(CCC(C)=O)CCCC1=O. The van der Waals surface area contributed by atoms with Crippen molar-refractivity contribution < 1.29 is 19.1 Å². The average molecular weight is 212 g/mol. The molecule has 0 spiro atoms. The van der Waals surface area contributed by atoms with Gasteiger partial charge < -0.3 is 9.53 Å². The third-order valence-corrected chi connectivity index (χ3v) is 3.02. The number of hydrogen-bond acceptors (Lipinski definition) is 4. The molecule has 0 aromatic carbocycles. The van der Waals surface area contributed by atoms with E-state index in [1.807, 2.05) is 0 Å². The molecule has 1 rings (SSSR count). The number of rotatable bonds is 4. The van der Waals surface area contributed by atoms with Gasteiger partial charge in [-0.15, -0.1) is 0 Å². The Labute approximate surface area is 89.0 Å². The summed E-state index contributed by atoms with van der Waals surface area (Å²) in [5.74, 6) is -0.556. The van der Waals surface area contributed by atoms with Crippen LogP contribution in [-0.2, 0) is 19.1 Å². The number of carbonyl (C=O) groups is 3. The molecule has 1 atom stereocenters. The number of hydrogen-bond donors (Lipinski definition) is 0. The van der Waals surface area contributed by atoms with Gasteiger partial charge in [-0.25, -0.2) is 0 Å². The van der Waals surface area contributed by atoms with E-state index in [4.69, 9.17) is 0 Å². The van der Waals surface area contributed by atoms with Gasteiger partial charge in [-0.3, -0.25) is 9.59 Å². The first-order valence-electron chi connectivity index (χ1n) is 5.14. The molecule has 15 heavy (non-hydrogen) atoms. The third-order valence-electron chi connectivity index (χ3n) is 3.02. The molecule has 0 amide bonds. The molecule has 1 aliphatic carbocycles. The monoisotopic (exact) mass is 212 g/mol. The summed E-state index contributed by atoms with van der Waals surface area (Å²) in [7, 11) is 1.28. The summed E-state index contributed by atoms with van der Waals surface area (Å²) < 4.78 is 4.67. The molecule has 0 aromatic rings. The van der Waals surface area contributed by atoms with Gasteiger partial charge in [0.25, 0.3) is 0 Å². The van der Waals surface area contributed by atoms with E-state index in [1.165, 1.54) is 14.0 Å². The van der Waals surface area contributed by atoms with Crippen molar-refractivity contribution in [1.82, 2.24) is 0 Å². The molecule has 0 saturated heterocycles. The molecule has 0 aromatic heterocycles. The molecule has 1 fully saturated rings. The third kappa shape index (κ3) is 2.25. The highest BCUT2D eigenvalue weighted by Gasteiger charge is 2.49. The molecule has 1 aliphatic rings.